The van der Waals surface area contributed by atoms with Crippen molar-refractivity contribution in [3.63, 3.8) is 0 Å². The van der Waals surface area contributed by atoms with Crippen LogP contribution in [0.2, 0.25) is 0 Å². The molecule has 22 heteroatoms. The van der Waals surface area contributed by atoms with Crippen molar-refractivity contribution in [2.24, 2.45) is 4.99 Å². The number of aromatic amines is 1. The number of anilines is 3. The second-order valence-electron chi connectivity index (χ2n) is 10.2. The van der Waals surface area contributed by atoms with Gasteiger partial charge in [-0.25, -0.2) is 19.3 Å². The van der Waals surface area contributed by atoms with Crippen LogP contribution < -0.4 is 22.3 Å². The molecule has 2 aliphatic heterocycles. The lowest BCUT2D eigenvalue weighted by molar-refractivity contribution is -0.148. The van der Waals surface area contributed by atoms with Gasteiger partial charge < -0.3 is 49.9 Å². The Bertz CT molecular complexity index is 1690. The molecule has 0 aromatic carbocycles. The van der Waals surface area contributed by atoms with Gasteiger partial charge in [0.25, 0.3) is 5.56 Å². The van der Waals surface area contributed by atoms with Crippen LogP contribution in [0.15, 0.2) is 22.4 Å². The van der Waals surface area contributed by atoms with Crippen LogP contribution in [0.5, 0.6) is 0 Å². The molecule has 5 heterocycles. The molecule has 2 fully saturated rings. The van der Waals surface area contributed by atoms with Crippen molar-refractivity contribution in [1.82, 2.24) is 29.5 Å². The van der Waals surface area contributed by atoms with E-state index in [4.69, 9.17) is 39.5 Å². The number of imidazole rings is 1. The van der Waals surface area contributed by atoms with E-state index in [9.17, 15) is 19.3 Å². The minimum absolute atomic E-state index is 0.0192. The highest BCUT2D eigenvalue weighted by atomic mass is 31.1. The van der Waals surface area contributed by atoms with Gasteiger partial charge in [-0.05, 0) is 6.92 Å². The lowest BCUT2D eigenvalue weighted by Crippen LogP contribution is -2.36. The van der Waals surface area contributed by atoms with Crippen LogP contribution >= 0.6 is 8.25 Å². The number of nitrogens with one attached hydrogen (secondary N) is 2. The van der Waals surface area contributed by atoms with Gasteiger partial charge >= 0.3 is 14.2 Å². The maximum absolute atomic E-state index is 15.8. The maximum atomic E-state index is 15.8. The molecule has 7 N–H and O–H groups in total. The van der Waals surface area contributed by atoms with E-state index >= 15 is 4.39 Å². The fourth-order valence-corrected chi connectivity index (χ4v) is 5.90. The Labute approximate surface area is 265 Å². The number of aromatic nitrogens is 6. The van der Waals surface area contributed by atoms with Gasteiger partial charge in [-0.3, -0.25) is 28.7 Å². The lowest BCUT2D eigenvalue weighted by Gasteiger charge is -2.20. The molecular weight excluding hydrogens is 650 g/mol. The van der Waals surface area contributed by atoms with Gasteiger partial charge in [0, 0.05) is 19.7 Å². The molecule has 256 valence electrons. The quantitative estimate of drug-likeness (QED) is 0.0899. The highest BCUT2D eigenvalue weighted by Gasteiger charge is 2.49. The van der Waals surface area contributed by atoms with E-state index < -0.39 is 82.1 Å². The number of methoxy groups -OCH3 is 1. The van der Waals surface area contributed by atoms with Gasteiger partial charge in [0.1, 0.15) is 49.1 Å². The monoisotopic (exact) mass is 684 g/mol. The summed E-state index contributed by atoms with van der Waals surface area (Å²) < 4.78 is 63.2. The van der Waals surface area contributed by atoms with E-state index in [1.54, 1.807) is 13.8 Å². The number of nitrogens with two attached hydrogens (primary N) is 2. The number of ether oxygens (including phenoxy) is 4. The maximum Gasteiger partial charge on any atom is 0.319 e. The molecule has 0 radical (unpaired) electrons. The van der Waals surface area contributed by atoms with Crippen molar-refractivity contribution in [2.45, 2.75) is 69.4 Å². The topological polar surface area (TPSA) is 276 Å². The standard InChI is InChI=1S/C25H34FN10O10P/c1-4-12(37)42-6-11-17(13(26)23(44-11)33-20-14(29-5-2)19(27)30-8-31-20)46-47(40)43-7-10-16(38)18(41-3)24(45-10)36-9-32-15-21(36)34-25(28)35-22(15)39/h5,8-11,13,16-18,23-24,38,47H,4,6-7H2,1-3H3,(H3,27,30,31,33)(H3,28,34,35,39)/b29-5-. The lowest BCUT2D eigenvalue weighted by atomic mass is 10.1. The van der Waals surface area contributed by atoms with Crippen LogP contribution in [0, 0.1) is 0 Å². The Hall–Kier alpha value is -4.11. The minimum atomic E-state index is -3.48. The Kier molecular flexibility index (Phi) is 10.7. The van der Waals surface area contributed by atoms with Crippen LogP contribution in [-0.2, 0) is 37.4 Å². The second-order valence-corrected chi connectivity index (χ2v) is 11.3. The Balaban J connectivity index is 1.26. The molecule has 3 aromatic rings. The number of halogens is 1. The number of aliphatic hydroxyl groups is 1. The first-order valence-electron chi connectivity index (χ1n) is 14.3. The summed E-state index contributed by atoms with van der Waals surface area (Å²) in [6.07, 6.45) is -6.65. The number of esters is 1. The van der Waals surface area contributed by atoms with Gasteiger partial charge in [0.15, 0.2) is 41.4 Å². The summed E-state index contributed by atoms with van der Waals surface area (Å²) in [7, 11) is -2.15. The third kappa shape index (κ3) is 7.25. The number of carbonyl (C=O) groups is 1. The molecule has 0 amide bonds. The summed E-state index contributed by atoms with van der Waals surface area (Å²) in [6, 6.07) is 0. The number of nitrogen functional groups attached to an aromatic ring is 2. The van der Waals surface area contributed by atoms with E-state index in [2.05, 4.69) is 35.2 Å². The van der Waals surface area contributed by atoms with Crippen molar-refractivity contribution < 1.29 is 46.9 Å². The smallest absolute Gasteiger partial charge is 0.319 e. The molecule has 3 aromatic heterocycles. The normalized spacial score (nSPS) is 28.3. The molecule has 2 aliphatic rings. The molecule has 47 heavy (non-hydrogen) atoms. The van der Waals surface area contributed by atoms with E-state index in [0.717, 1.165) is 6.33 Å². The van der Waals surface area contributed by atoms with Crippen molar-refractivity contribution >= 4 is 54.9 Å². The van der Waals surface area contributed by atoms with Crippen molar-refractivity contribution in [3.8, 4) is 0 Å². The van der Waals surface area contributed by atoms with Crippen LogP contribution in [0.1, 0.15) is 26.5 Å². The third-order valence-corrected chi connectivity index (χ3v) is 8.15. The third-order valence-electron chi connectivity index (χ3n) is 7.28. The minimum Gasteiger partial charge on any atom is -0.463 e. The number of alkyl halides is 1. The second kappa shape index (κ2) is 14.8. The number of rotatable bonds is 13. The number of fused-ring (bicyclic) bond motifs is 1. The van der Waals surface area contributed by atoms with Gasteiger partial charge in [-0.2, -0.15) is 4.98 Å². The molecule has 0 bridgehead atoms. The number of hydrogen-bond acceptors (Lipinski definition) is 18. The van der Waals surface area contributed by atoms with Crippen molar-refractivity contribution in [3.05, 3.63) is 23.0 Å². The predicted molar refractivity (Wildman–Crippen MR) is 162 cm³/mol. The molecule has 0 aliphatic carbocycles. The van der Waals surface area contributed by atoms with E-state index in [-0.39, 0.29) is 40.9 Å². The first kappa shape index (κ1) is 34.2. The van der Waals surface area contributed by atoms with E-state index in [0.29, 0.717) is 0 Å². The average molecular weight is 685 g/mol. The first-order valence-corrected chi connectivity index (χ1v) is 15.5. The zero-order valence-electron chi connectivity index (χ0n) is 25.3. The Morgan fingerprint density at radius 1 is 1.26 bits per heavy atom. The van der Waals surface area contributed by atoms with Crippen molar-refractivity contribution in [1.29, 1.82) is 0 Å². The fraction of sp³-hybridized carbons (Fsp3) is 0.560. The van der Waals surface area contributed by atoms with Crippen LogP contribution in [0.4, 0.5) is 27.7 Å². The number of aliphatic imine (C=N–C) groups is 1. The fourth-order valence-electron chi connectivity index (χ4n) is 5.03. The highest BCUT2D eigenvalue weighted by Crippen LogP contribution is 2.39. The molecule has 20 nitrogen and oxygen atoms in total. The number of H-pyrrole nitrogens is 1. The molecule has 5 rings (SSSR count). The summed E-state index contributed by atoms with van der Waals surface area (Å²) in [5.74, 6) is -0.655. The van der Waals surface area contributed by atoms with Crippen molar-refractivity contribution in [2.75, 3.05) is 37.1 Å². The van der Waals surface area contributed by atoms with Crippen LogP contribution in [0.3, 0.4) is 0 Å². The van der Waals surface area contributed by atoms with Gasteiger partial charge in [0.05, 0.1) is 12.9 Å². The van der Waals surface area contributed by atoms with Crippen LogP contribution in [-0.4, -0.2) is 110 Å². The zero-order valence-corrected chi connectivity index (χ0v) is 26.3. The largest absolute Gasteiger partial charge is 0.463 e. The molecular formula is C25H34FN10O10P. The summed E-state index contributed by atoms with van der Waals surface area (Å²) in [6.45, 7) is 2.33. The molecule has 0 spiro atoms. The van der Waals surface area contributed by atoms with Gasteiger partial charge in [-0.1, -0.05) is 6.92 Å². The Morgan fingerprint density at radius 2 is 2.04 bits per heavy atom. The average Bonchev–Trinajstić information content (AvgIpc) is 3.69. The molecule has 9 atom stereocenters. The zero-order chi connectivity index (χ0) is 33.8. The van der Waals surface area contributed by atoms with E-state index in [1.807, 2.05) is 0 Å². The summed E-state index contributed by atoms with van der Waals surface area (Å²) >= 11 is 0. The van der Waals surface area contributed by atoms with Crippen LogP contribution in [0.25, 0.3) is 11.2 Å². The number of carbonyl (C=O) groups excluding carboxylic acids is 1. The summed E-state index contributed by atoms with van der Waals surface area (Å²) in [5, 5.41) is 13.7. The van der Waals surface area contributed by atoms with Gasteiger partial charge in [-0.15, -0.1) is 0 Å². The highest BCUT2D eigenvalue weighted by molar-refractivity contribution is 7.33. The first-order chi connectivity index (χ1) is 22.6. The van der Waals surface area contributed by atoms with Gasteiger partial charge in [0.2, 0.25) is 5.95 Å². The molecule has 2 saturated heterocycles. The number of nitrogens with zero attached hydrogens (tertiary/aromatic N) is 6. The predicted octanol–water partition coefficient (Wildman–Crippen LogP) is -0.0107. The molecule has 0 saturated carbocycles. The molecule has 9 unspecified atom stereocenters. The number of aliphatic hydroxyl groups excluding tert-OH is 1. The Morgan fingerprint density at radius 3 is 2.77 bits per heavy atom. The summed E-state index contributed by atoms with van der Waals surface area (Å²) in [5.41, 5.74) is 11.2. The van der Waals surface area contributed by atoms with E-state index in [1.165, 1.54) is 24.2 Å². The summed E-state index contributed by atoms with van der Waals surface area (Å²) in [4.78, 5) is 46.5. The number of hydrogen-bond donors (Lipinski definition) is 5. The SMILES string of the molecule is C/C=N\c1c(N)ncnc1NC1OC(COC(=O)CC)C(O[PH](=O)OCC2OC(n3cnc4c(=O)[nH]c(N)nc43)C(OC)C2O)C1F.